The quantitative estimate of drug-likeness (QED) is 0.729. The highest BCUT2D eigenvalue weighted by atomic mass is 79.9. The van der Waals surface area contributed by atoms with E-state index in [0.717, 1.165) is 15.6 Å². The van der Waals surface area contributed by atoms with Gasteiger partial charge in [-0.1, -0.05) is 58.4 Å². The van der Waals surface area contributed by atoms with Crippen molar-refractivity contribution < 1.29 is 14.3 Å². The number of fused-ring (bicyclic) bond motifs is 1. The molecule has 0 bridgehead atoms. The zero-order chi connectivity index (χ0) is 16.0. The lowest BCUT2D eigenvalue weighted by Gasteiger charge is -2.00. The Labute approximate surface area is 140 Å². The van der Waals surface area contributed by atoms with E-state index in [9.17, 15) is 9.90 Å². The lowest BCUT2D eigenvalue weighted by Crippen LogP contribution is -1.99. The molecule has 1 aromatic heterocycles. The number of carbonyl (C=O) groups excluding carboxylic acids is 1. The molecule has 5 heteroatoms. The van der Waals surface area contributed by atoms with Crippen LogP contribution in [0.1, 0.15) is 21.5 Å². The highest BCUT2D eigenvalue weighted by Gasteiger charge is 2.35. The Hall–Kier alpha value is -2.66. The first-order valence-electron chi connectivity index (χ1n) is 6.95. The van der Waals surface area contributed by atoms with Gasteiger partial charge in [-0.05, 0) is 12.1 Å². The molecule has 2 aromatic carbocycles. The maximum absolute atomic E-state index is 12.4. The van der Waals surface area contributed by atoms with Crippen molar-refractivity contribution in [2.24, 2.45) is 4.99 Å². The SMILES string of the molecule is O=C1N=C(c2ccc(Br)cc2)c2c(O)oc(-c3ccccc3)c21. The Bertz CT molecular complexity index is 940. The number of amides is 1. The van der Waals surface area contributed by atoms with Crippen LogP contribution in [0, 0.1) is 0 Å². The fraction of sp³-hybridized carbons (Fsp3) is 0. The van der Waals surface area contributed by atoms with Gasteiger partial charge in [0, 0.05) is 15.6 Å². The molecule has 1 aliphatic rings. The predicted octanol–water partition coefficient (Wildman–Crippen LogP) is 4.41. The number of hydrogen-bond acceptors (Lipinski definition) is 3. The summed E-state index contributed by atoms with van der Waals surface area (Å²) in [6, 6.07) is 16.6. The summed E-state index contributed by atoms with van der Waals surface area (Å²) in [5.41, 5.74) is 2.57. The second kappa shape index (κ2) is 5.21. The first kappa shape index (κ1) is 14.0. The molecule has 1 N–H and O–H groups in total. The van der Waals surface area contributed by atoms with E-state index in [1.165, 1.54) is 0 Å². The van der Waals surface area contributed by atoms with E-state index in [2.05, 4.69) is 20.9 Å². The van der Waals surface area contributed by atoms with Crippen molar-refractivity contribution in [1.82, 2.24) is 0 Å². The summed E-state index contributed by atoms with van der Waals surface area (Å²) in [6.07, 6.45) is 0. The normalized spacial score (nSPS) is 13.1. The third-order valence-corrected chi connectivity index (χ3v) is 4.24. The molecule has 2 heterocycles. The molecule has 1 amide bonds. The third-order valence-electron chi connectivity index (χ3n) is 3.71. The molecule has 23 heavy (non-hydrogen) atoms. The van der Waals surface area contributed by atoms with E-state index >= 15 is 0 Å². The Morgan fingerprint density at radius 2 is 1.61 bits per heavy atom. The van der Waals surface area contributed by atoms with Crippen LogP contribution in [0.25, 0.3) is 11.3 Å². The summed E-state index contributed by atoms with van der Waals surface area (Å²) in [5.74, 6) is -0.342. The molecule has 0 saturated carbocycles. The predicted molar refractivity (Wildman–Crippen MR) is 89.9 cm³/mol. The Kier molecular flexibility index (Phi) is 3.16. The van der Waals surface area contributed by atoms with E-state index < -0.39 is 5.91 Å². The molecular weight excluding hydrogens is 358 g/mol. The lowest BCUT2D eigenvalue weighted by molar-refractivity contribution is 0.101. The number of hydrogen-bond donors (Lipinski definition) is 1. The topological polar surface area (TPSA) is 62.8 Å². The summed E-state index contributed by atoms with van der Waals surface area (Å²) >= 11 is 3.37. The molecule has 4 rings (SSSR count). The van der Waals surface area contributed by atoms with Crippen molar-refractivity contribution in [2.75, 3.05) is 0 Å². The van der Waals surface area contributed by atoms with Crippen molar-refractivity contribution in [2.45, 2.75) is 0 Å². The van der Waals surface area contributed by atoms with Crippen LogP contribution in [0.15, 0.2) is 68.5 Å². The number of furan rings is 1. The molecule has 3 aromatic rings. The summed E-state index contributed by atoms with van der Waals surface area (Å²) in [7, 11) is 0. The van der Waals surface area contributed by atoms with Crippen LogP contribution in [0.2, 0.25) is 0 Å². The molecule has 112 valence electrons. The summed E-state index contributed by atoms with van der Waals surface area (Å²) < 4.78 is 6.39. The van der Waals surface area contributed by atoms with Crippen molar-refractivity contribution in [1.29, 1.82) is 0 Å². The van der Waals surface area contributed by atoms with Crippen LogP contribution in [0.4, 0.5) is 0 Å². The maximum Gasteiger partial charge on any atom is 0.293 e. The number of aromatic hydroxyl groups is 1. The van der Waals surface area contributed by atoms with Gasteiger partial charge >= 0.3 is 0 Å². The van der Waals surface area contributed by atoms with Gasteiger partial charge in [-0.25, -0.2) is 4.99 Å². The molecule has 0 saturated heterocycles. The lowest BCUT2D eigenvalue weighted by atomic mass is 10.0. The van der Waals surface area contributed by atoms with Crippen LogP contribution in [0.5, 0.6) is 5.95 Å². The molecular formula is C18H10BrNO3. The Balaban J connectivity index is 1.89. The molecule has 0 spiro atoms. The standard InChI is InChI=1S/C18H10BrNO3/c19-12-8-6-10(7-9-12)15-13-14(17(21)20-15)16(23-18(13)22)11-4-2-1-3-5-11/h1-9,22H. The minimum Gasteiger partial charge on any atom is -0.480 e. The van der Waals surface area contributed by atoms with Gasteiger partial charge < -0.3 is 9.52 Å². The first-order chi connectivity index (χ1) is 11.1. The number of rotatable bonds is 2. The van der Waals surface area contributed by atoms with Crippen molar-refractivity contribution in [3.8, 4) is 17.3 Å². The molecule has 0 unspecified atom stereocenters. The van der Waals surface area contributed by atoms with E-state index in [-0.39, 0.29) is 5.95 Å². The smallest absolute Gasteiger partial charge is 0.293 e. The van der Waals surface area contributed by atoms with Gasteiger partial charge in [-0.15, -0.1) is 0 Å². The molecule has 0 atom stereocenters. The highest BCUT2D eigenvalue weighted by molar-refractivity contribution is 9.10. The minimum atomic E-state index is -0.402. The fourth-order valence-electron chi connectivity index (χ4n) is 2.67. The van der Waals surface area contributed by atoms with Crippen molar-refractivity contribution in [3.63, 3.8) is 0 Å². The molecule has 0 aliphatic carbocycles. The number of benzene rings is 2. The van der Waals surface area contributed by atoms with Crippen LogP contribution < -0.4 is 0 Å². The zero-order valence-corrected chi connectivity index (χ0v) is 13.4. The monoisotopic (exact) mass is 367 g/mol. The summed E-state index contributed by atoms with van der Waals surface area (Å²) in [4.78, 5) is 16.5. The number of aliphatic imine (C=N–C) groups is 1. The van der Waals surface area contributed by atoms with Gasteiger partial charge in [-0.2, -0.15) is 0 Å². The van der Waals surface area contributed by atoms with Gasteiger partial charge in [0.15, 0.2) is 5.76 Å². The first-order valence-corrected chi connectivity index (χ1v) is 7.75. The third kappa shape index (κ3) is 2.21. The summed E-state index contributed by atoms with van der Waals surface area (Å²) in [5, 5.41) is 10.2. The second-order valence-corrected chi connectivity index (χ2v) is 6.04. The van der Waals surface area contributed by atoms with Crippen molar-refractivity contribution in [3.05, 3.63) is 75.8 Å². The maximum atomic E-state index is 12.4. The van der Waals surface area contributed by atoms with Crippen LogP contribution in [-0.2, 0) is 0 Å². The molecule has 0 radical (unpaired) electrons. The number of nitrogens with zero attached hydrogens (tertiary/aromatic N) is 1. The molecule has 1 aliphatic heterocycles. The molecule has 4 nitrogen and oxygen atoms in total. The van der Waals surface area contributed by atoms with Gasteiger partial charge in [0.1, 0.15) is 5.56 Å². The average Bonchev–Trinajstić information content (AvgIpc) is 3.09. The van der Waals surface area contributed by atoms with E-state index in [4.69, 9.17) is 4.42 Å². The van der Waals surface area contributed by atoms with Gasteiger partial charge in [0.05, 0.1) is 11.3 Å². The molecule has 0 fully saturated rings. The fourth-order valence-corrected chi connectivity index (χ4v) is 2.93. The largest absolute Gasteiger partial charge is 0.480 e. The van der Waals surface area contributed by atoms with E-state index in [0.29, 0.717) is 22.6 Å². The van der Waals surface area contributed by atoms with E-state index in [1.807, 2.05) is 54.6 Å². The van der Waals surface area contributed by atoms with Crippen LogP contribution >= 0.6 is 15.9 Å². The average molecular weight is 368 g/mol. The van der Waals surface area contributed by atoms with Crippen LogP contribution in [-0.4, -0.2) is 16.7 Å². The van der Waals surface area contributed by atoms with E-state index in [1.54, 1.807) is 0 Å². The van der Waals surface area contributed by atoms with Gasteiger partial charge in [0.2, 0.25) is 0 Å². The second-order valence-electron chi connectivity index (χ2n) is 5.12. The summed E-state index contributed by atoms with van der Waals surface area (Å²) in [6.45, 7) is 0. The minimum absolute atomic E-state index is 0.286. The van der Waals surface area contributed by atoms with Crippen LogP contribution in [0.3, 0.4) is 0 Å². The highest BCUT2D eigenvalue weighted by Crippen LogP contribution is 2.40. The van der Waals surface area contributed by atoms with Gasteiger partial charge in [0.25, 0.3) is 11.9 Å². The van der Waals surface area contributed by atoms with Gasteiger partial charge in [-0.3, -0.25) is 4.79 Å². The Morgan fingerprint density at radius 1 is 0.913 bits per heavy atom. The number of carbonyl (C=O) groups is 1. The number of halogens is 1. The zero-order valence-electron chi connectivity index (χ0n) is 11.8. The van der Waals surface area contributed by atoms with Crippen molar-refractivity contribution >= 4 is 27.5 Å². The Morgan fingerprint density at radius 3 is 2.30 bits per heavy atom.